The molecule has 0 saturated carbocycles. The molecular formula is C9H19O. The normalized spacial score (nSPS) is 17.4. The van der Waals surface area contributed by atoms with E-state index in [1.54, 1.807) is 0 Å². The van der Waals surface area contributed by atoms with E-state index in [0.29, 0.717) is 0 Å². The Morgan fingerprint density at radius 3 is 2.20 bits per heavy atom. The lowest BCUT2D eigenvalue weighted by molar-refractivity contribution is 0.0503. The minimum Gasteiger partial charge on any atom is -0.390 e. The average molecular weight is 143 g/mol. The van der Waals surface area contributed by atoms with Crippen molar-refractivity contribution in [1.29, 1.82) is 0 Å². The van der Waals surface area contributed by atoms with Crippen LogP contribution in [0.1, 0.15) is 47.0 Å². The molecule has 0 amide bonds. The molecule has 0 aliphatic carbocycles. The molecule has 1 atom stereocenters. The maximum absolute atomic E-state index is 9.60. The number of rotatable bonds is 4. The van der Waals surface area contributed by atoms with E-state index in [0.717, 1.165) is 19.3 Å². The first-order valence-electron chi connectivity index (χ1n) is 4.05. The number of hydrogen-bond acceptors (Lipinski definition) is 1. The van der Waals surface area contributed by atoms with Gasteiger partial charge in [-0.1, -0.05) is 27.2 Å². The Labute approximate surface area is 64.5 Å². The topological polar surface area (TPSA) is 20.2 Å². The molecular weight excluding hydrogens is 124 g/mol. The monoisotopic (exact) mass is 143 g/mol. The quantitative estimate of drug-likeness (QED) is 0.641. The Morgan fingerprint density at radius 2 is 1.90 bits per heavy atom. The standard InChI is InChI=1S/C9H19O/c1-5-8(3)7-9(4,10)6-2/h10H,5-7H2,1-4H3. The highest BCUT2D eigenvalue weighted by Crippen LogP contribution is 2.22. The lowest BCUT2D eigenvalue weighted by atomic mass is 9.90. The Kier molecular flexibility index (Phi) is 3.95. The molecule has 0 aromatic rings. The second kappa shape index (κ2) is 3.97. The molecule has 1 heteroatoms. The Bertz CT molecular complexity index is 86.7. The summed E-state index contributed by atoms with van der Waals surface area (Å²) in [4.78, 5) is 0. The fourth-order valence-electron chi connectivity index (χ4n) is 0.900. The summed E-state index contributed by atoms with van der Waals surface area (Å²) in [5.74, 6) is 1.38. The van der Waals surface area contributed by atoms with Crippen LogP contribution in [-0.4, -0.2) is 10.7 Å². The zero-order chi connectivity index (χ0) is 8.20. The van der Waals surface area contributed by atoms with E-state index in [4.69, 9.17) is 0 Å². The molecule has 10 heavy (non-hydrogen) atoms. The van der Waals surface area contributed by atoms with Crippen LogP contribution < -0.4 is 0 Å². The first kappa shape index (κ1) is 9.96. The zero-order valence-electron chi connectivity index (χ0n) is 7.57. The van der Waals surface area contributed by atoms with Crippen LogP contribution in [0.15, 0.2) is 0 Å². The van der Waals surface area contributed by atoms with Gasteiger partial charge >= 0.3 is 0 Å². The van der Waals surface area contributed by atoms with Gasteiger partial charge in [0.05, 0.1) is 5.60 Å². The van der Waals surface area contributed by atoms with Crippen LogP contribution in [0.4, 0.5) is 0 Å². The van der Waals surface area contributed by atoms with Crippen molar-refractivity contribution in [2.24, 2.45) is 0 Å². The van der Waals surface area contributed by atoms with Crippen molar-refractivity contribution in [2.75, 3.05) is 0 Å². The van der Waals surface area contributed by atoms with Gasteiger partial charge in [-0.15, -0.1) is 0 Å². The van der Waals surface area contributed by atoms with Gasteiger partial charge in [0, 0.05) is 0 Å². The van der Waals surface area contributed by atoms with Gasteiger partial charge in [-0.25, -0.2) is 0 Å². The van der Waals surface area contributed by atoms with E-state index in [9.17, 15) is 5.11 Å². The number of aliphatic hydroxyl groups is 1. The SMILES string of the molecule is CC[C](C)CC(C)(O)CC. The van der Waals surface area contributed by atoms with Gasteiger partial charge in [-0.05, 0) is 25.7 Å². The van der Waals surface area contributed by atoms with Crippen molar-refractivity contribution in [3.05, 3.63) is 5.92 Å². The predicted octanol–water partition coefficient (Wildman–Crippen LogP) is 2.54. The Morgan fingerprint density at radius 1 is 1.40 bits per heavy atom. The maximum Gasteiger partial charge on any atom is 0.0622 e. The second-order valence-corrected chi connectivity index (χ2v) is 3.34. The molecule has 0 fully saturated rings. The smallest absolute Gasteiger partial charge is 0.0622 e. The molecule has 0 rings (SSSR count). The summed E-state index contributed by atoms with van der Waals surface area (Å²) >= 11 is 0. The van der Waals surface area contributed by atoms with E-state index in [1.807, 2.05) is 13.8 Å². The Balaban J connectivity index is 3.64. The third kappa shape index (κ3) is 3.89. The van der Waals surface area contributed by atoms with E-state index >= 15 is 0 Å². The predicted molar refractivity (Wildman–Crippen MR) is 44.7 cm³/mol. The summed E-state index contributed by atoms with van der Waals surface area (Å²) in [5, 5.41) is 9.60. The fourth-order valence-corrected chi connectivity index (χ4v) is 0.900. The lowest BCUT2D eigenvalue weighted by Gasteiger charge is -2.24. The van der Waals surface area contributed by atoms with Crippen molar-refractivity contribution in [2.45, 2.75) is 52.6 Å². The van der Waals surface area contributed by atoms with E-state index < -0.39 is 5.60 Å². The van der Waals surface area contributed by atoms with Gasteiger partial charge in [0.1, 0.15) is 0 Å². The summed E-state index contributed by atoms with van der Waals surface area (Å²) in [6.07, 6.45) is 2.76. The zero-order valence-corrected chi connectivity index (χ0v) is 7.57. The molecule has 0 aromatic heterocycles. The third-order valence-corrected chi connectivity index (χ3v) is 2.05. The lowest BCUT2D eigenvalue weighted by Crippen LogP contribution is -2.24. The van der Waals surface area contributed by atoms with Crippen molar-refractivity contribution in [3.8, 4) is 0 Å². The molecule has 0 saturated heterocycles. The van der Waals surface area contributed by atoms with E-state index in [2.05, 4.69) is 13.8 Å². The molecule has 1 nitrogen and oxygen atoms in total. The highest BCUT2D eigenvalue weighted by Gasteiger charge is 2.19. The van der Waals surface area contributed by atoms with Gasteiger partial charge < -0.3 is 5.11 Å². The first-order valence-corrected chi connectivity index (χ1v) is 4.05. The van der Waals surface area contributed by atoms with Crippen molar-refractivity contribution < 1.29 is 5.11 Å². The molecule has 0 aromatic carbocycles. The van der Waals surface area contributed by atoms with E-state index in [-0.39, 0.29) is 0 Å². The van der Waals surface area contributed by atoms with Crippen LogP contribution >= 0.6 is 0 Å². The first-order chi connectivity index (χ1) is 4.52. The molecule has 0 spiro atoms. The molecule has 0 aliphatic rings. The van der Waals surface area contributed by atoms with Crippen LogP contribution in [0.3, 0.4) is 0 Å². The minimum atomic E-state index is -0.472. The molecule has 1 radical (unpaired) electrons. The Hall–Kier alpha value is -0.0400. The van der Waals surface area contributed by atoms with Crippen molar-refractivity contribution >= 4 is 0 Å². The van der Waals surface area contributed by atoms with Gasteiger partial charge in [-0.3, -0.25) is 0 Å². The van der Waals surface area contributed by atoms with Crippen LogP contribution in [-0.2, 0) is 0 Å². The summed E-state index contributed by atoms with van der Waals surface area (Å²) in [6.45, 7) is 8.14. The molecule has 1 unspecified atom stereocenters. The summed E-state index contributed by atoms with van der Waals surface area (Å²) in [5.41, 5.74) is -0.472. The highest BCUT2D eigenvalue weighted by atomic mass is 16.3. The van der Waals surface area contributed by atoms with Crippen LogP contribution in [0.2, 0.25) is 0 Å². The summed E-state index contributed by atoms with van der Waals surface area (Å²) in [7, 11) is 0. The van der Waals surface area contributed by atoms with Crippen LogP contribution in [0.5, 0.6) is 0 Å². The molecule has 0 bridgehead atoms. The molecule has 1 N–H and O–H groups in total. The van der Waals surface area contributed by atoms with Crippen LogP contribution in [0, 0.1) is 5.92 Å². The summed E-state index contributed by atoms with van der Waals surface area (Å²) in [6, 6.07) is 0. The van der Waals surface area contributed by atoms with Gasteiger partial charge in [0.2, 0.25) is 0 Å². The van der Waals surface area contributed by atoms with Gasteiger partial charge in [-0.2, -0.15) is 0 Å². The molecule has 0 aliphatic heterocycles. The van der Waals surface area contributed by atoms with Crippen molar-refractivity contribution in [1.82, 2.24) is 0 Å². The fraction of sp³-hybridized carbons (Fsp3) is 0.889. The largest absolute Gasteiger partial charge is 0.390 e. The van der Waals surface area contributed by atoms with Crippen molar-refractivity contribution in [3.63, 3.8) is 0 Å². The third-order valence-electron chi connectivity index (χ3n) is 2.05. The van der Waals surface area contributed by atoms with Crippen LogP contribution in [0.25, 0.3) is 0 Å². The molecule has 61 valence electrons. The molecule has 0 heterocycles. The minimum absolute atomic E-state index is 0.472. The number of hydrogen-bond donors (Lipinski definition) is 1. The van der Waals surface area contributed by atoms with Gasteiger partial charge in [0.25, 0.3) is 0 Å². The highest BCUT2D eigenvalue weighted by molar-refractivity contribution is 4.90. The maximum atomic E-state index is 9.60. The second-order valence-electron chi connectivity index (χ2n) is 3.34. The van der Waals surface area contributed by atoms with E-state index in [1.165, 1.54) is 5.92 Å². The average Bonchev–Trinajstić information content (AvgIpc) is 1.87. The summed E-state index contributed by atoms with van der Waals surface area (Å²) < 4.78 is 0. The van der Waals surface area contributed by atoms with Gasteiger partial charge in [0.15, 0.2) is 0 Å².